The van der Waals surface area contributed by atoms with Gasteiger partial charge in [0.25, 0.3) is 0 Å². The summed E-state index contributed by atoms with van der Waals surface area (Å²) in [4.78, 5) is 11.5. The van der Waals surface area contributed by atoms with Crippen molar-refractivity contribution in [2.75, 3.05) is 18.5 Å². The summed E-state index contributed by atoms with van der Waals surface area (Å²) in [5, 5.41) is 2.93. The molecule has 3 nitrogen and oxygen atoms in total. The van der Waals surface area contributed by atoms with E-state index in [1.54, 1.807) is 11.8 Å². The van der Waals surface area contributed by atoms with Gasteiger partial charge in [0.05, 0.1) is 5.25 Å². The number of carbonyl (C=O) groups excluding carboxylic acids is 1. The van der Waals surface area contributed by atoms with E-state index in [0.29, 0.717) is 6.54 Å². The van der Waals surface area contributed by atoms with Crippen molar-refractivity contribution in [3.63, 3.8) is 0 Å². The molecule has 0 aliphatic rings. The molecule has 0 spiro atoms. The number of benzene rings is 1. The van der Waals surface area contributed by atoms with E-state index in [1.165, 1.54) is 5.56 Å². The van der Waals surface area contributed by atoms with Crippen LogP contribution in [0.5, 0.6) is 0 Å². The molecule has 1 unspecified atom stereocenters. The number of anilines is 1. The lowest BCUT2D eigenvalue weighted by atomic mass is 10.1. The Morgan fingerprint density at radius 2 is 2.06 bits per heavy atom. The van der Waals surface area contributed by atoms with Gasteiger partial charge in [-0.1, -0.05) is 12.1 Å². The second-order valence-corrected chi connectivity index (χ2v) is 4.84. The number of rotatable bonds is 5. The zero-order chi connectivity index (χ0) is 12.0. The van der Waals surface area contributed by atoms with Crippen LogP contribution in [0.2, 0.25) is 0 Å². The summed E-state index contributed by atoms with van der Waals surface area (Å²) >= 11 is 1.55. The Morgan fingerprint density at radius 3 is 2.62 bits per heavy atom. The summed E-state index contributed by atoms with van der Waals surface area (Å²) < 4.78 is 0. The first-order chi connectivity index (χ1) is 7.63. The fraction of sp³-hybridized carbons (Fsp3) is 0.417. The van der Waals surface area contributed by atoms with Gasteiger partial charge in [-0.15, -0.1) is 0 Å². The van der Waals surface area contributed by atoms with Crippen LogP contribution in [-0.2, 0) is 11.2 Å². The zero-order valence-electron chi connectivity index (χ0n) is 9.69. The first-order valence-corrected chi connectivity index (χ1v) is 6.57. The molecule has 1 aromatic rings. The van der Waals surface area contributed by atoms with Crippen LogP contribution in [-0.4, -0.2) is 24.0 Å². The average Bonchev–Trinajstić information content (AvgIpc) is 2.30. The highest BCUT2D eigenvalue weighted by atomic mass is 32.2. The van der Waals surface area contributed by atoms with Crippen LogP contribution in [0.1, 0.15) is 12.5 Å². The molecule has 0 fully saturated rings. The van der Waals surface area contributed by atoms with Gasteiger partial charge in [0.2, 0.25) is 5.91 Å². The number of hydrogen-bond donors (Lipinski definition) is 2. The smallest absolute Gasteiger partial charge is 0.232 e. The summed E-state index contributed by atoms with van der Waals surface area (Å²) in [6, 6.07) is 7.72. The summed E-state index contributed by atoms with van der Waals surface area (Å²) in [5.41, 5.74) is 7.54. The lowest BCUT2D eigenvalue weighted by molar-refractivity contribution is -0.120. The third kappa shape index (κ3) is 4.14. The minimum Gasteiger partial charge on any atom is -0.399 e. The predicted molar refractivity (Wildman–Crippen MR) is 70.5 cm³/mol. The van der Waals surface area contributed by atoms with Crippen molar-refractivity contribution in [3.8, 4) is 0 Å². The van der Waals surface area contributed by atoms with Gasteiger partial charge in [0.15, 0.2) is 0 Å². The van der Waals surface area contributed by atoms with E-state index in [0.717, 1.165) is 12.1 Å². The van der Waals surface area contributed by atoms with Crippen LogP contribution >= 0.6 is 11.8 Å². The van der Waals surface area contributed by atoms with E-state index >= 15 is 0 Å². The Labute approximate surface area is 101 Å². The Bertz CT molecular complexity index is 337. The van der Waals surface area contributed by atoms with Crippen LogP contribution < -0.4 is 11.1 Å². The fourth-order valence-electron chi connectivity index (χ4n) is 1.27. The Kier molecular flexibility index (Phi) is 5.19. The van der Waals surface area contributed by atoms with Gasteiger partial charge in [0.1, 0.15) is 0 Å². The van der Waals surface area contributed by atoms with Crippen LogP contribution in [0.3, 0.4) is 0 Å². The monoisotopic (exact) mass is 238 g/mol. The Balaban J connectivity index is 2.30. The van der Waals surface area contributed by atoms with E-state index in [-0.39, 0.29) is 11.2 Å². The molecule has 0 saturated carbocycles. The van der Waals surface area contributed by atoms with Crippen molar-refractivity contribution in [3.05, 3.63) is 29.8 Å². The molecular formula is C12H18N2OS. The summed E-state index contributed by atoms with van der Waals surface area (Å²) in [6.45, 7) is 2.58. The standard InChI is InChI=1S/C12H18N2OS/c1-9(16-2)12(15)14-8-7-10-3-5-11(13)6-4-10/h3-6,9H,7-8,13H2,1-2H3,(H,14,15). The number of amides is 1. The van der Waals surface area contributed by atoms with Crippen molar-refractivity contribution in [2.45, 2.75) is 18.6 Å². The highest BCUT2D eigenvalue weighted by molar-refractivity contribution is 7.99. The molecule has 0 aliphatic carbocycles. The first kappa shape index (κ1) is 12.9. The van der Waals surface area contributed by atoms with Gasteiger partial charge in [-0.3, -0.25) is 4.79 Å². The molecule has 1 atom stereocenters. The van der Waals surface area contributed by atoms with E-state index in [1.807, 2.05) is 37.4 Å². The average molecular weight is 238 g/mol. The molecule has 0 bridgehead atoms. The molecule has 88 valence electrons. The normalized spacial score (nSPS) is 12.1. The number of carbonyl (C=O) groups is 1. The molecule has 16 heavy (non-hydrogen) atoms. The van der Waals surface area contributed by atoms with E-state index in [2.05, 4.69) is 5.32 Å². The van der Waals surface area contributed by atoms with Gasteiger partial charge >= 0.3 is 0 Å². The van der Waals surface area contributed by atoms with E-state index < -0.39 is 0 Å². The van der Waals surface area contributed by atoms with Crippen molar-refractivity contribution in [1.29, 1.82) is 0 Å². The predicted octanol–water partition coefficient (Wildman–Crippen LogP) is 1.68. The van der Waals surface area contributed by atoms with Crippen molar-refractivity contribution in [1.82, 2.24) is 5.32 Å². The molecule has 1 amide bonds. The molecular weight excluding hydrogens is 220 g/mol. The molecule has 0 heterocycles. The highest BCUT2D eigenvalue weighted by Crippen LogP contribution is 2.06. The molecule has 1 aromatic carbocycles. The molecule has 0 radical (unpaired) electrons. The van der Waals surface area contributed by atoms with E-state index in [4.69, 9.17) is 5.73 Å². The van der Waals surface area contributed by atoms with Crippen LogP contribution in [0.4, 0.5) is 5.69 Å². The van der Waals surface area contributed by atoms with Gasteiger partial charge in [-0.2, -0.15) is 11.8 Å². The molecule has 1 rings (SSSR count). The molecule has 4 heteroatoms. The van der Waals surface area contributed by atoms with Crippen molar-refractivity contribution >= 4 is 23.4 Å². The second-order valence-electron chi connectivity index (χ2n) is 3.66. The van der Waals surface area contributed by atoms with Gasteiger partial charge in [-0.25, -0.2) is 0 Å². The lowest BCUT2D eigenvalue weighted by Crippen LogP contribution is -2.32. The Morgan fingerprint density at radius 1 is 1.44 bits per heavy atom. The van der Waals surface area contributed by atoms with Gasteiger partial charge < -0.3 is 11.1 Å². The first-order valence-electron chi connectivity index (χ1n) is 5.28. The molecule has 0 aromatic heterocycles. The maximum Gasteiger partial charge on any atom is 0.232 e. The van der Waals surface area contributed by atoms with Crippen LogP contribution in [0, 0.1) is 0 Å². The lowest BCUT2D eigenvalue weighted by Gasteiger charge is -2.09. The number of nitrogen functional groups attached to an aromatic ring is 1. The summed E-state index contributed by atoms with van der Waals surface area (Å²) in [5.74, 6) is 0.0999. The highest BCUT2D eigenvalue weighted by Gasteiger charge is 2.09. The molecule has 0 saturated heterocycles. The number of nitrogens with two attached hydrogens (primary N) is 1. The Hall–Kier alpha value is -1.16. The van der Waals surface area contributed by atoms with Crippen molar-refractivity contribution < 1.29 is 4.79 Å². The van der Waals surface area contributed by atoms with Gasteiger partial charge in [0, 0.05) is 12.2 Å². The minimum atomic E-state index is 0.0198. The number of nitrogens with one attached hydrogen (secondary N) is 1. The molecule has 3 N–H and O–H groups in total. The third-order valence-corrected chi connectivity index (χ3v) is 3.34. The fourth-order valence-corrected chi connectivity index (χ4v) is 1.56. The maximum absolute atomic E-state index is 11.5. The zero-order valence-corrected chi connectivity index (χ0v) is 10.5. The summed E-state index contributed by atoms with van der Waals surface area (Å²) in [6.07, 6.45) is 2.78. The quantitative estimate of drug-likeness (QED) is 0.767. The summed E-state index contributed by atoms with van der Waals surface area (Å²) in [7, 11) is 0. The topological polar surface area (TPSA) is 55.1 Å². The largest absolute Gasteiger partial charge is 0.399 e. The third-order valence-electron chi connectivity index (χ3n) is 2.42. The maximum atomic E-state index is 11.5. The van der Waals surface area contributed by atoms with Crippen molar-refractivity contribution in [2.24, 2.45) is 0 Å². The van der Waals surface area contributed by atoms with Crippen LogP contribution in [0.25, 0.3) is 0 Å². The molecule has 0 aliphatic heterocycles. The minimum absolute atomic E-state index is 0.0198. The van der Waals surface area contributed by atoms with E-state index in [9.17, 15) is 4.79 Å². The van der Waals surface area contributed by atoms with Gasteiger partial charge in [-0.05, 0) is 37.3 Å². The number of hydrogen-bond acceptors (Lipinski definition) is 3. The number of thioether (sulfide) groups is 1. The van der Waals surface area contributed by atoms with Crippen LogP contribution in [0.15, 0.2) is 24.3 Å². The SMILES string of the molecule is CSC(C)C(=O)NCCc1ccc(N)cc1. The second kappa shape index (κ2) is 6.43.